The molecule has 0 saturated heterocycles. The molecule has 0 heterocycles. The molecule has 0 fully saturated rings. The minimum absolute atomic E-state index is 0.0142. The summed E-state index contributed by atoms with van der Waals surface area (Å²) in [5.74, 6) is -1.50. The summed E-state index contributed by atoms with van der Waals surface area (Å²) in [7, 11) is 0. The number of rotatable bonds is 9. The fourth-order valence-corrected chi connectivity index (χ4v) is 4.28. The van der Waals surface area contributed by atoms with Crippen LogP contribution in [0.3, 0.4) is 0 Å². The number of amides is 3. The van der Waals surface area contributed by atoms with E-state index in [0.29, 0.717) is 17.7 Å². The molecular weight excluding hydrogens is 508 g/mol. The zero-order chi connectivity index (χ0) is 29.4. The summed E-state index contributed by atoms with van der Waals surface area (Å²) in [5.41, 5.74) is 0.121. The van der Waals surface area contributed by atoms with E-state index in [-0.39, 0.29) is 11.7 Å². The van der Waals surface area contributed by atoms with Gasteiger partial charge in [-0.15, -0.1) is 0 Å². The van der Waals surface area contributed by atoms with Crippen LogP contribution in [0.25, 0.3) is 10.8 Å². The Morgan fingerprint density at radius 3 is 2.27 bits per heavy atom. The minimum Gasteiger partial charge on any atom is -0.508 e. The third kappa shape index (κ3) is 7.73. The summed E-state index contributed by atoms with van der Waals surface area (Å²) in [6.45, 7) is 8.40. The fraction of sp³-hybridized carbons (Fsp3) is 0.355. The number of anilines is 1. The second-order valence-electron chi connectivity index (χ2n) is 10.7. The Hall–Kier alpha value is -4.58. The van der Waals surface area contributed by atoms with Crippen molar-refractivity contribution in [3.8, 4) is 11.8 Å². The Balaban J connectivity index is 2.01. The molecule has 0 aliphatic carbocycles. The molecule has 40 heavy (non-hydrogen) atoms. The van der Waals surface area contributed by atoms with Gasteiger partial charge in [0.1, 0.15) is 30.0 Å². The summed E-state index contributed by atoms with van der Waals surface area (Å²) < 4.78 is 5.38. The first-order chi connectivity index (χ1) is 18.9. The zero-order valence-corrected chi connectivity index (χ0v) is 23.5. The van der Waals surface area contributed by atoms with Crippen molar-refractivity contribution < 1.29 is 24.2 Å². The van der Waals surface area contributed by atoms with Crippen molar-refractivity contribution in [2.45, 2.75) is 58.7 Å². The largest absolute Gasteiger partial charge is 0.508 e. The first-order valence-electron chi connectivity index (χ1n) is 13.2. The normalized spacial score (nSPS) is 13.4. The van der Waals surface area contributed by atoms with Gasteiger partial charge in [0.25, 0.3) is 5.91 Å². The van der Waals surface area contributed by atoms with Crippen molar-refractivity contribution in [3.05, 3.63) is 72.3 Å². The van der Waals surface area contributed by atoms with Gasteiger partial charge in [0.05, 0.1) is 6.07 Å². The van der Waals surface area contributed by atoms with Crippen LogP contribution in [0.5, 0.6) is 5.75 Å². The van der Waals surface area contributed by atoms with Crippen molar-refractivity contribution in [3.63, 3.8) is 0 Å². The number of carbonyl (C=O) groups is 3. The van der Waals surface area contributed by atoms with Gasteiger partial charge in [0, 0.05) is 5.69 Å². The number of fused-ring (bicyclic) bond motifs is 1. The number of phenolic OH excluding ortho intramolecular Hbond substituents is 1. The topological polar surface area (TPSA) is 132 Å². The van der Waals surface area contributed by atoms with Crippen LogP contribution in [-0.4, -0.2) is 46.1 Å². The van der Waals surface area contributed by atoms with Crippen LogP contribution in [0.4, 0.5) is 10.5 Å². The average Bonchev–Trinajstić information content (AvgIpc) is 2.90. The quantitative estimate of drug-likeness (QED) is 0.304. The summed E-state index contributed by atoms with van der Waals surface area (Å²) in [6.07, 6.45) is -0.232. The molecule has 0 aliphatic rings. The van der Waals surface area contributed by atoms with Gasteiger partial charge < -0.3 is 25.4 Å². The van der Waals surface area contributed by atoms with Gasteiger partial charge in [-0.25, -0.2) is 4.79 Å². The summed E-state index contributed by atoms with van der Waals surface area (Å²) in [5, 5.41) is 27.0. The Kier molecular flexibility index (Phi) is 9.73. The maximum absolute atomic E-state index is 14.0. The third-order valence-corrected chi connectivity index (χ3v) is 6.46. The van der Waals surface area contributed by atoms with E-state index in [4.69, 9.17) is 4.74 Å². The van der Waals surface area contributed by atoms with Crippen LogP contribution in [0.1, 0.15) is 52.6 Å². The summed E-state index contributed by atoms with van der Waals surface area (Å²) in [6, 6.07) is 18.7. The molecule has 3 amide bonds. The number of phenols is 1. The number of carbonyl (C=O) groups excluding carboxylic acids is 3. The van der Waals surface area contributed by atoms with Crippen molar-refractivity contribution in [2.75, 3.05) is 11.9 Å². The van der Waals surface area contributed by atoms with Gasteiger partial charge in [-0.1, -0.05) is 62.7 Å². The lowest BCUT2D eigenvalue weighted by atomic mass is 9.95. The number of hydrogen-bond donors (Lipinski definition) is 3. The zero-order valence-electron chi connectivity index (χ0n) is 23.5. The van der Waals surface area contributed by atoms with E-state index in [1.54, 1.807) is 33.8 Å². The van der Waals surface area contributed by atoms with E-state index >= 15 is 0 Å². The lowest BCUT2D eigenvalue weighted by molar-refractivity contribution is -0.141. The van der Waals surface area contributed by atoms with Crippen LogP contribution < -0.4 is 10.6 Å². The van der Waals surface area contributed by atoms with Crippen LogP contribution >= 0.6 is 0 Å². The minimum atomic E-state index is -1.23. The highest BCUT2D eigenvalue weighted by atomic mass is 16.6. The Morgan fingerprint density at radius 2 is 1.68 bits per heavy atom. The number of nitriles is 1. The molecule has 0 saturated carbocycles. The lowest BCUT2D eigenvalue weighted by Crippen LogP contribution is -2.54. The molecule has 9 heteroatoms. The average molecular weight is 545 g/mol. The van der Waals surface area contributed by atoms with E-state index in [9.17, 15) is 24.8 Å². The monoisotopic (exact) mass is 544 g/mol. The van der Waals surface area contributed by atoms with Gasteiger partial charge in [0.15, 0.2) is 0 Å². The molecule has 0 spiro atoms. The molecule has 9 nitrogen and oxygen atoms in total. The maximum Gasteiger partial charge on any atom is 0.408 e. The first kappa shape index (κ1) is 30.0. The van der Waals surface area contributed by atoms with Crippen molar-refractivity contribution in [2.24, 2.45) is 5.92 Å². The van der Waals surface area contributed by atoms with Gasteiger partial charge in [0.2, 0.25) is 5.91 Å². The van der Waals surface area contributed by atoms with E-state index in [1.165, 1.54) is 24.3 Å². The van der Waals surface area contributed by atoms with Gasteiger partial charge in [-0.3, -0.25) is 9.59 Å². The van der Waals surface area contributed by atoms with E-state index in [0.717, 1.165) is 15.7 Å². The smallest absolute Gasteiger partial charge is 0.408 e. The molecule has 3 aromatic carbocycles. The molecule has 0 aliphatic heterocycles. The van der Waals surface area contributed by atoms with Crippen molar-refractivity contribution in [1.82, 2.24) is 10.2 Å². The second kappa shape index (κ2) is 13.0. The van der Waals surface area contributed by atoms with E-state index in [1.807, 2.05) is 49.4 Å². The molecule has 3 atom stereocenters. The lowest BCUT2D eigenvalue weighted by Gasteiger charge is -2.34. The second-order valence-corrected chi connectivity index (χ2v) is 10.7. The highest BCUT2D eigenvalue weighted by Crippen LogP contribution is 2.28. The van der Waals surface area contributed by atoms with Gasteiger partial charge >= 0.3 is 6.09 Å². The van der Waals surface area contributed by atoms with Crippen molar-refractivity contribution >= 4 is 34.4 Å². The number of nitrogens with zero attached hydrogens (tertiary/aromatic N) is 2. The van der Waals surface area contributed by atoms with Crippen LogP contribution in [0, 0.1) is 17.2 Å². The van der Waals surface area contributed by atoms with Crippen LogP contribution in [-0.2, 0) is 14.3 Å². The van der Waals surface area contributed by atoms with Crippen LogP contribution in [0.15, 0.2) is 66.7 Å². The number of aromatic hydroxyl groups is 1. The van der Waals surface area contributed by atoms with Gasteiger partial charge in [-0.05, 0) is 67.3 Å². The Bertz CT molecular complexity index is 1390. The molecule has 3 unspecified atom stereocenters. The molecule has 210 valence electrons. The highest BCUT2D eigenvalue weighted by Gasteiger charge is 2.38. The maximum atomic E-state index is 14.0. The first-order valence-corrected chi connectivity index (χ1v) is 13.2. The number of hydrogen-bond acceptors (Lipinski definition) is 6. The molecule has 3 aromatic rings. The third-order valence-electron chi connectivity index (χ3n) is 6.46. The molecular formula is C31H36N4O5. The molecule has 0 bridgehead atoms. The predicted octanol–water partition coefficient (Wildman–Crippen LogP) is 5.52. The molecule has 3 N–H and O–H groups in total. The number of ether oxygens (including phenoxy) is 1. The van der Waals surface area contributed by atoms with E-state index in [2.05, 4.69) is 10.6 Å². The summed E-state index contributed by atoms with van der Waals surface area (Å²) >= 11 is 0. The number of alkyl carbamates (subject to hydrolysis) is 1. The fourth-order valence-electron chi connectivity index (χ4n) is 4.28. The number of nitrogens with one attached hydrogen (secondary N) is 2. The molecule has 3 rings (SSSR count). The Labute approximate surface area is 234 Å². The Morgan fingerprint density at radius 1 is 1.02 bits per heavy atom. The van der Waals surface area contributed by atoms with Gasteiger partial charge in [-0.2, -0.15) is 5.26 Å². The van der Waals surface area contributed by atoms with Crippen molar-refractivity contribution in [1.29, 1.82) is 5.26 Å². The highest BCUT2D eigenvalue weighted by molar-refractivity contribution is 6.00. The standard InChI is InChI=1S/C31H36N4O5/c1-6-20(2)26(34-30(39)40-31(3,4)5)29(38)35(18-17-32)27(22-12-15-25(36)16-13-22)28(37)33-24-14-11-21-9-7-8-10-23(21)19-24/h7-16,19-20,26-27,36H,6,18H2,1-5H3,(H,33,37)(H,34,39). The predicted molar refractivity (Wildman–Crippen MR) is 153 cm³/mol. The van der Waals surface area contributed by atoms with E-state index < -0.39 is 42.1 Å². The van der Waals surface area contributed by atoms with Crippen LogP contribution in [0.2, 0.25) is 0 Å². The molecule has 0 aromatic heterocycles. The molecule has 0 radical (unpaired) electrons. The number of benzene rings is 3. The summed E-state index contributed by atoms with van der Waals surface area (Å²) in [4.78, 5) is 41.7. The SMILES string of the molecule is CCC(C)C(NC(=O)OC(C)(C)C)C(=O)N(CC#N)C(C(=O)Nc1ccc2ccccc2c1)c1ccc(O)cc1.